The Kier molecular flexibility index (Phi) is 4.01. The summed E-state index contributed by atoms with van der Waals surface area (Å²) in [5.74, 6) is 0. The quantitative estimate of drug-likeness (QED) is 0.236. The molecule has 3 aromatic rings. The molecule has 0 spiro atoms. The van der Waals surface area contributed by atoms with Crippen LogP contribution in [-0.2, 0) is 6.54 Å². The lowest BCUT2D eigenvalue weighted by Gasteiger charge is -1.99. The largest absolute Gasteiger partial charge is 0.231 e. The second-order valence-corrected chi connectivity index (χ2v) is 5.92. The van der Waals surface area contributed by atoms with E-state index in [0.717, 1.165) is 31.5 Å². The highest BCUT2D eigenvalue weighted by atomic mass is 32.2. The fraction of sp³-hybridized carbons (Fsp3) is 0.154. The summed E-state index contributed by atoms with van der Waals surface area (Å²) in [7, 11) is 0. The third-order valence-corrected chi connectivity index (χ3v) is 4.54. The molecule has 0 fully saturated rings. The molecule has 0 aliphatic heterocycles. The van der Waals surface area contributed by atoms with E-state index in [1.54, 1.807) is 18.1 Å². The van der Waals surface area contributed by atoms with E-state index in [-0.39, 0.29) is 0 Å². The number of nitrogens with zero attached hydrogens (tertiary/aromatic N) is 6. The SMILES string of the molecule is CSc1ncnc2sc(-c3cccc(CN=[N+]=[N-])c3)nc12. The first-order chi connectivity index (χ1) is 10.3. The van der Waals surface area contributed by atoms with Gasteiger partial charge in [0, 0.05) is 10.5 Å². The Morgan fingerprint density at radius 2 is 2.29 bits per heavy atom. The van der Waals surface area contributed by atoms with E-state index in [9.17, 15) is 0 Å². The second-order valence-electron chi connectivity index (χ2n) is 4.15. The van der Waals surface area contributed by atoms with E-state index in [2.05, 4.69) is 25.0 Å². The highest BCUT2D eigenvalue weighted by Gasteiger charge is 2.11. The molecule has 0 saturated heterocycles. The molecule has 0 amide bonds. The molecule has 2 aromatic heterocycles. The summed E-state index contributed by atoms with van der Waals surface area (Å²) in [4.78, 5) is 16.8. The van der Waals surface area contributed by atoms with Gasteiger partial charge in [0.25, 0.3) is 0 Å². The van der Waals surface area contributed by atoms with Gasteiger partial charge >= 0.3 is 0 Å². The van der Waals surface area contributed by atoms with E-state index < -0.39 is 0 Å². The summed E-state index contributed by atoms with van der Waals surface area (Å²) in [6.07, 6.45) is 3.54. The molecule has 0 atom stereocenters. The third-order valence-electron chi connectivity index (χ3n) is 2.85. The van der Waals surface area contributed by atoms with Crippen molar-refractivity contribution in [2.75, 3.05) is 6.26 Å². The van der Waals surface area contributed by atoms with Crippen molar-refractivity contribution in [2.45, 2.75) is 11.6 Å². The lowest BCUT2D eigenvalue weighted by molar-refractivity contribution is 1.05. The van der Waals surface area contributed by atoms with Gasteiger partial charge in [-0.1, -0.05) is 34.7 Å². The van der Waals surface area contributed by atoms with Gasteiger partial charge in [0.2, 0.25) is 0 Å². The minimum atomic E-state index is 0.338. The number of hydrogen-bond donors (Lipinski definition) is 0. The molecule has 3 rings (SSSR count). The summed E-state index contributed by atoms with van der Waals surface area (Å²) in [5.41, 5.74) is 11.2. The molecule has 0 unspecified atom stereocenters. The molecule has 0 bridgehead atoms. The van der Waals surface area contributed by atoms with Crippen LogP contribution >= 0.6 is 23.1 Å². The maximum Gasteiger partial charge on any atom is 0.148 e. The molecule has 21 heavy (non-hydrogen) atoms. The Bertz CT molecular complexity index is 838. The zero-order valence-electron chi connectivity index (χ0n) is 11.1. The monoisotopic (exact) mass is 314 g/mol. The van der Waals surface area contributed by atoms with Crippen molar-refractivity contribution in [2.24, 2.45) is 5.11 Å². The molecule has 2 heterocycles. The van der Waals surface area contributed by atoms with Crippen LogP contribution in [-0.4, -0.2) is 21.2 Å². The van der Waals surface area contributed by atoms with Gasteiger partial charge in [0.05, 0.1) is 6.54 Å². The summed E-state index contributed by atoms with van der Waals surface area (Å²) < 4.78 is 0. The number of aromatic nitrogens is 3. The predicted molar refractivity (Wildman–Crippen MR) is 85.3 cm³/mol. The summed E-state index contributed by atoms with van der Waals surface area (Å²) >= 11 is 3.09. The van der Waals surface area contributed by atoms with Crippen LogP contribution in [0, 0.1) is 0 Å². The van der Waals surface area contributed by atoms with Crippen LogP contribution in [0.25, 0.3) is 31.4 Å². The lowest BCUT2D eigenvalue weighted by atomic mass is 10.1. The van der Waals surface area contributed by atoms with E-state index >= 15 is 0 Å². The van der Waals surface area contributed by atoms with E-state index in [1.165, 1.54) is 11.3 Å². The molecule has 1 aromatic carbocycles. The van der Waals surface area contributed by atoms with Crippen molar-refractivity contribution in [1.82, 2.24) is 15.0 Å². The van der Waals surface area contributed by atoms with Gasteiger partial charge in [-0.25, -0.2) is 15.0 Å². The minimum Gasteiger partial charge on any atom is -0.231 e. The van der Waals surface area contributed by atoms with Crippen LogP contribution in [0.5, 0.6) is 0 Å². The van der Waals surface area contributed by atoms with Crippen molar-refractivity contribution in [3.63, 3.8) is 0 Å². The number of rotatable bonds is 4. The Balaban J connectivity index is 2.06. The Morgan fingerprint density at radius 1 is 1.38 bits per heavy atom. The molecule has 6 nitrogen and oxygen atoms in total. The average molecular weight is 314 g/mol. The Morgan fingerprint density at radius 3 is 3.10 bits per heavy atom. The maximum atomic E-state index is 8.40. The van der Waals surface area contributed by atoms with Gasteiger partial charge in [-0.3, -0.25) is 0 Å². The minimum absolute atomic E-state index is 0.338. The van der Waals surface area contributed by atoms with E-state index in [1.807, 2.05) is 30.5 Å². The maximum absolute atomic E-state index is 8.40. The van der Waals surface area contributed by atoms with Gasteiger partial charge in [-0.05, 0) is 23.4 Å². The van der Waals surface area contributed by atoms with Gasteiger partial charge in [-0.15, -0.1) is 11.8 Å². The summed E-state index contributed by atoms with van der Waals surface area (Å²) in [5, 5.41) is 5.36. The van der Waals surface area contributed by atoms with Gasteiger partial charge < -0.3 is 0 Å². The molecule has 0 saturated carbocycles. The first kappa shape index (κ1) is 13.8. The lowest BCUT2D eigenvalue weighted by Crippen LogP contribution is -1.84. The van der Waals surface area contributed by atoms with E-state index in [0.29, 0.717) is 6.54 Å². The summed E-state index contributed by atoms with van der Waals surface area (Å²) in [6.45, 7) is 0.338. The van der Waals surface area contributed by atoms with Crippen molar-refractivity contribution in [3.05, 3.63) is 46.6 Å². The number of fused-ring (bicyclic) bond motifs is 1. The van der Waals surface area contributed by atoms with Crippen molar-refractivity contribution in [1.29, 1.82) is 0 Å². The summed E-state index contributed by atoms with van der Waals surface area (Å²) in [6, 6.07) is 7.84. The van der Waals surface area contributed by atoms with Gasteiger partial charge in [0.1, 0.15) is 26.7 Å². The molecule has 0 N–H and O–H groups in total. The fourth-order valence-corrected chi connectivity index (χ4v) is 3.38. The number of hydrogen-bond acceptors (Lipinski definition) is 6. The Hall–Kier alpha value is -2.15. The number of azide groups is 1. The highest BCUT2D eigenvalue weighted by molar-refractivity contribution is 7.98. The molecule has 8 heteroatoms. The van der Waals surface area contributed by atoms with Crippen LogP contribution in [0.15, 0.2) is 40.7 Å². The van der Waals surface area contributed by atoms with E-state index in [4.69, 9.17) is 5.53 Å². The molecular weight excluding hydrogens is 304 g/mol. The number of thioether (sulfide) groups is 1. The first-order valence-corrected chi connectivity index (χ1v) is 8.11. The van der Waals surface area contributed by atoms with Gasteiger partial charge in [-0.2, -0.15) is 0 Å². The number of thiazole rings is 1. The normalized spacial score (nSPS) is 10.5. The fourth-order valence-electron chi connectivity index (χ4n) is 1.92. The molecule has 0 radical (unpaired) electrons. The first-order valence-electron chi connectivity index (χ1n) is 6.07. The second kappa shape index (κ2) is 6.09. The molecule has 104 valence electrons. The smallest absolute Gasteiger partial charge is 0.148 e. The Labute approximate surface area is 128 Å². The predicted octanol–water partition coefficient (Wildman–Crippen LogP) is 4.29. The van der Waals surface area contributed by atoms with Crippen molar-refractivity contribution < 1.29 is 0 Å². The van der Waals surface area contributed by atoms with Crippen LogP contribution in [0.1, 0.15) is 5.56 Å². The van der Waals surface area contributed by atoms with Crippen LogP contribution in [0.2, 0.25) is 0 Å². The number of benzene rings is 1. The zero-order chi connectivity index (χ0) is 14.7. The molecular formula is C13H10N6S2. The topological polar surface area (TPSA) is 87.4 Å². The highest BCUT2D eigenvalue weighted by Crippen LogP contribution is 2.32. The van der Waals surface area contributed by atoms with Crippen LogP contribution in [0.3, 0.4) is 0 Å². The third kappa shape index (κ3) is 2.82. The van der Waals surface area contributed by atoms with Gasteiger partial charge in [0.15, 0.2) is 0 Å². The van der Waals surface area contributed by atoms with Crippen LogP contribution in [0.4, 0.5) is 0 Å². The molecule has 0 aliphatic rings. The average Bonchev–Trinajstić information content (AvgIpc) is 2.97. The van der Waals surface area contributed by atoms with Crippen LogP contribution < -0.4 is 0 Å². The zero-order valence-corrected chi connectivity index (χ0v) is 12.7. The standard InChI is InChI=1S/C13H10N6S2/c1-20-12-10-13(16-7-15-12)21-11(18-10)9-4-2-3-8(5-9)6-17-19-14/h2-5,7H,6H2,1H3. The molecule has 0 aliphatic carbocycles. The van der Waals surface area contributed by atoms with Crippen molar-refractivity contribution in [3.8, 4) is 10.6 Å². The van der Waals surface area contributed by atoms with Crippen molar-refractivity contribution >= 4 is 33.4 Å².